The highest BCUT2D eigenvalue weighted by Gasteiger charge is 2.21. The molecule has 0 radical (unpaired) electrons. The summed E-state index contributed by atoms with van der Waals surface area (Å²) in [5.74, 6) is -0.874. The lowest BCUT2D eigenvalue weighted by Gasteiger charge is -2.28. The van der Waals surface area contributed by atoms with Crippen LogP contribution in [0.4, 0.5) is 0 Å². The summed E-state index contributed by atoms with van der Waals surface area (Å²) in [7, 11) is 1.14. The number of allylic oxidation sites excluding steroid dienone is 10. The van der Waals surface area contributed by atoms with Gasteiger partial charge in [-0.15, -0.1) is 0 Å². The van der Waals surface area contributed by atoms with E-state index in [4.69, 9.17) is 18.5 Å². The van der Waals surface area contributed by atoms with E-state index in [1.807, 2.05) is 21.1 Å². The molecule has 10 heteroatoms. The Morgan fingerprint density at radius 3 is 1.52 bits per heavy atom. The van der Waals surface area contributed by atoms with Crippen molar-refractivity contribution in [2.24, 2.45) is 0 Å². The van der Waals surface area contributed by atoms with Crippen LogP contribution in [0.5, 0.6) is 0 Å². The Morgan fingerprint density at radius 2 is 1.02 bits per heavy atom. The minimum Gasteiger partial charge on any atom is -0.756 e. The van der Waals surface area contributed by atoms with Crippen molar-refractivity contribution in [3.63, 3.8) is 0 Å². The highest BCUT2D eigenvalue weighted by atomic mass is 31.2. The molecular weight excluding hydrogens is 725 g/mol. The molecule has 0 spiro atoms. The van der Waals surface area contributed by atoms with E-state index >= 15 is 0 Å². The largest absolute Gasteiger partial charge is 0.756 e. The maximum Gasteiger partial charge on any atom is 0.306 e. The lowest BCUT2D eigenvalue weighted by atomic mass is 10.0. The number of carbonyl (C=O) groups excluding carboxylic acids is 2. The average molecular weight is 808 g/mol. The average Bonchev–Trinajstić information content (AvgIpc) is 3.15. The molecule has 0 aromatic rings. The molecule has 0 bridgehead atoms. The van der Waals surface area contributed by atoms with Crippen LogP contribution in [0, 0.1) is 0 Å². The molecule has 2 atom stereocenters. The van der Waals surface area contributed by atoms with Gasteiger partial charge in [-0.3, -0.25) is 14.2 Å². The van der Waals surface area contributed by atoms with Crippen LogP contribution in [0.1, 0.15) is 168 Å². The summed E-state index contributed by atoms with van der Waals surface area (Å²) >= 11 is 0. The molecule has 324 valence electrons. The van der Waals surface area contributed by atoms with Crippen molar-refractivity contribution in [2.45, 2.75) is 174 Å². The normalized spacial score (nSPS) is 14.2. The predicted molar refractivity (Wildman–Crippen MR) is 231 cm³/mol. The van der Waals surface area contributed by atoms with Crippen molar-refractivity contribution in [1.82, 2.24) is 0 Å². The zero-order valence-electron chi connectivity index (χ0n) is 36.3. The van der Waals surface area contributed by atoms with E-state index in [2.05, 4.69) is 74.6 Å². The molecule has 0 saturated heterocycles. The van der Waals surface area contributed by atoms with Crippen molar-refractivity contribution in [1.29, 1.82) is 0 Å². The van der Waals surface area contributed by atoms with Gasteiger partial charge in [0.15, 0.2) is 6.10 Å². The van der Waals surface area contributed by atoms with Gasteiger partial charge < -0.3 is 27.9 Å². The fourth-order valence-corrected chi connectivity index (χ4v) is 6.35. The summed E-state index contributed by atoms with van der Waals surface area (Å²) in [4.78, 5) is 37.5. The Bertz CT molecular complexity index is 1140. The molecule has 0 rings (SSSR count). The molecule has 0 aromatic heterocycles. The number of rotatable bonds is 39. The van der Waals surface area contributed by atoms with Crippen molar-refractivity contribution >= 4 is 19.8 Å². The summed E-state index contributed by atoms with van der Waals surface area (Å²) in [5.41, 5.74) is 0. The highest BCUT2D eigenvalue weighted by Crippen LogP contribution is 2.38. The Labute approximate surface area is 343 Å². The summed E-state index contributed by atoms with van der Waals surface area (Å²) in [5, 5.41) is 0. The molecule has 1 unspecified atom stereocenters. The third kappa shape index (κ3) is 41.3. The Kier molecular flexibility index (Phi) is 36.7. The predicted octanol–water partition coefficient (Wildman–Crippen LogP) is 11.8. The minimum atomic E-state index is -4.63. The number of unbranched alkanes of at least 4 members (excludes halogenated alkanes) is 15. The number of likely N-dealkylation sites (N-methyl/N-ethyl adjacent to an activating group) is 1. The molecule has 0 amide bonds. The fraction of sp³-hybridized carbons (Fsp3) is 0.739. The van der Waals surface area contributed by atoms with Gasteiger partial charge in [-0.05, 0) is 57.8 Å². The standard InChI is InChI=1S/C46H82NO8P/c1-6-8-10-12-14-16-18-20-21-22-23-24-25-27-28-30-32-34-36-38-45(48)52-42-44(43-54-56(50,51)53-41-40-47(3,4)5)55-46(49)39-37-35-33-31-29-26-19-17-15-13-11-9-7-2/h8,10,14,16,20-21,23-24,27-28,44H,6-7,9,11-13,15,17-19,22,25-26,29-43H2,1-5H3/b10-8-,16-14-,21-20-,24-23-,28-27-/t44-/m1/s1. The maximum absolute atomic E-state index is 12.7. The maximum atomic E-state index is 12.7. The number of quaternary nitrogens is 1. The number of ether oxygens (including phenoxy) is 2. The SMILES string of the molecule is CC/C=C\C/C=C\C/C=C\C/C=C\C/C=C\CCCCCC(=O)OC[C@H](COP(=O)([O-])OCC[N+](C)(C)C)OC(=O)CCCCCCCCCCCCCCC. The monoisotopic (exact) mass is 808 g/mol. The van der Waals surface area contributed by atoms with Gasteiger partial charge in [0.25, 0.3) is 7.82 Å². The molecule has 0 N–H and O–H groups in total. The van der Waals surface area contributed by atoms with Gasteiger partial charge in [0.05, 0.1) is 27.7 Å². The highest BCUT2D eigenvalue weighted by molar-refractivity contribution is 7.45. The molecule has 0 aliphatic carbocycles. The van der Waals surface area contributed by atoms with Gasteiger partial charge in [0.1, 0.15) is 19.8 Å². The Hall–Kier alpha value is -2.29. The molecule has 9 nitrogen and oxygen atoms in total. The first-order valence-electron chi connectivity index (χ1n) is 22.0. The van der Waals surface area contributed by atoms with E-state index in [9.17, 15) is 19.0 Å². The van der Waals surface area contributed by atoms with Gasteiger partial charge in [-0.25, -0.2) is 0 Å². The quantitative estimate of drug-likeness (QED) is 0.0198. The number of nitrogens with zero attached hydrogens (tertiary/aromatic N) is 1. The zero-order chi connectivity index (χ0) is 41.4. The van der Waals surface area contributed by atoms with Crippen LogP contribution in [0.15, 0.2) is 60.8 Å². The van der Waals surface area contributed by atoms with Gasteiger partial charge in [-0.1, -0.05) is 158 Å². The molecule has 0 heterocycles. The van der Waals surface area contributed by atoms with Crippen molar-refractivity contribution in [2.75, 3.05) is 47.5 Å². The number of esters is 2. The van der Waals surface area contributed by atoms with Crippen LogP contribution in [-0.2, 0) is 32.7 Å². The summed E-state index contributed by atoms with van der Waals surface area (Å²) in [6.07, 6.45) is 45.3. The van der Waals surface area contributed by atoms with E-state index in [1.165, 1.54) is 57.8 Å². The molecule has 56 heavy (non-hydrogen) atoms. The number of phosphoric acid groups is 1. The number of carbonyl (C=O) groups is 2. The second-order valence-corrected chi connectivity index (χ2v) is 17.1. The second-order valence-electron chi connectivity index (χ2n) is 15.7. The number of hydrogen-bond donors (Lipinski definition) is 0. The molecule has 0 aliphatic heterocycles. The van der Waals surface area contributed by atoms with Gasteiger partial charge in [0, 0.05) is 12.8 Å². The second kappa shape index (κ2) is 38.2. The van der Waals surface area contributed by atoms with E-state index < -0.39 is 32.5 Å². The first kappa shape index (κ1) is 53.7. The fourth-order valence-electron chi connectivity index (χ4n) is 5.62. The van der Waals surface area contributed by atoms with Crippen LogP contribution in [0.3, 0.4) is 0 Å². The summed E-state index contributed by atoms with van der Waals surface area (Å²) < 4.78 is 33.8. The van der Waals surface area contributed by atoms with Crippen molar-refractivity contribution in [3.8, 4) is 0 Å². The van der Waals surface area contributed by atoms with Crippen LogP contribution in [0.25, 0.3) is 0 Å². The number of hydrogen-bond acceptors (Lipinski definition) is 8. The third-order valence-corrected chi connectivity index (χ3v) is 10.0. The molecule has 0 fully saturated rings. The van der Waals surface area contributed by atoms with Crippen LogP contribution in [0.2, 0.25) is 0 Å². The summed E-state index contributed by atoms with van der Waals surface area (Å²) in [6, 6.07) is 0. The van der Waals surface area contributed by atoms with E-state index in [0.717, 1.165) is 70.6 Å². The molecule has 0 aromatic carbocycles. The first-order chi connectivity index (χ1) is 27.0. The van der Waals surface area contributed by atoms with Crippen LogP contribution >= 0.6 is 7.82 Å². The first-order valence-corrected chi connectivity index (χ1v) is 23.5. The van der Waals surface area contributed by atoms with Gasteiger partial charge in [-0.2, -0.15) is 0 Å². The van der Waals surface area contributed by atoms with Crippen LogP contribution in [-0.4, -0.2) is 70.0 Å². The van der Waals surface area contributed by atoms with Gasteiger partial charge >= 0.3 is 11.9 Å². The lowest BCUT2D eigenvalue weighted by Crippen LogP contribution is -2.37. The lowest BCUT2D eigenvalue weighted by molar-refractivity contribution is -0.870. The topological polar surface area (TPSA) is 111 Å². The van der Waals surface area contributed by atoms with Crippen molar-refractivity contribution in [3.05, 3.63) is 60.8 Å². The van der Waals surface area contributed by atoms with E-state index in [-0.39, 0.29) is 26.1 Å². The Morgan fingerprint density at radius 1 is 0.571 bits per heavy atom. The third-order valence-electron chi connectivity index (χ3n) is 9.05. The molecule has 0 aliphatic rings. The van der Waals surface area contributed by atoms with E-state index in [0.29, 0.717) is 23.9 Å². The summed E-state index contributed by atoms with van der Waals surface area (Å²) in [6.45, 7) is 4.06. The van der Waals surface area contributed by atoms with E-state index in [1.54, 1.807) is 0 Å². The minimum absolute atomic E-state index is 0.0379. The smallest absolute Gasteiger partial charge is 0.306 e. The molecular formula is C46H82NO8P. The Balaban J connectivity index is 4.41. The molecule has 0 saturated carbocycles. The number of phosphoric ester groups is 1. The van der Waals surface area contributed by atoms with Crippen molar-refractivity contribution < 1.29 is 42.1 Å². The van der Waals surface area contributed by atoms with Gasteiger partial charge in [0.2, 0.25) is 0 Å². The zero-order valence-corrected chi connectivity index (χ0v) is 37.2. The van der Waals surface area contributed by atoms with Crippen LogP contribution < -0.4 is 4.89 Å².